The maximum absolute atomic E-state index is 12.5. The molecule has 2 aromatic carbocycles. The van der Waals surface area contributed by atoms with Gasteiger partial charge in [-0.15, -0.1) is 0 Å². The summed E-state index contributed by atoms with van der Waals surface area (Å²) in [7, 11) is 1.33. The lowest BCUT2D eigenvalue weighted by atomic mass is 9.92. The third kappa shape index (κ3) is 2.72. The second-order valence-electron chi connectivity index (χ2n) is 5.19. The third-order valence-corrected chi connectivity index (χ3v) is 3.77. The number of carbonyl (C=O) groups is 2. The SMILES string of the molecule is COC(=O)Cc1cccc2c1C(=O)CC(c1ccccc1)O2. The molecule has 0 saturated heterocycles. The van der Waals surface area contributed by atoms with Crippen LogP contribution in [0.1, 0.15) is 34.0 Å². The molecule has 0 aliphatic carbocycles. The van der Waals surface area contributed by atoms with Crippen LogP contribution in [0.15, 0.2) is 48.5 Å². The van der Waals surface area contributed by atoms with Crippen LogP contribution in [0.2, 0.25) is 0 Å². The number of ketones is 1. The summed E-state index contributed by atoms with van der Waals surface area (Å²) in [4.78, 5) is 24.0. The van der Waals surface area contributed by atoms with Gasteiger partial charge >= 0.3 is 5.97 Å². The summed E-state index contributed by atoms with van der Waals surface area (Å²) in [6, 6.07) is 15.0. The van der Waals surface area contributed by atoms with Crippen LogP contribution in [-0.2, 0) is 16.0 Å². The van der Waals surface area contributed by atoms with E-state index in [0.717, 1.165) is 5.56 Å². The van der Waals surface area contributed by atoms with Crippen molar-refractivity contribution in [3.8, 4) is 5.75 Å². The van der Waals surface area contributed by atoms with Crippen LogP contribution in [0.3, 0.4) is 0 Å². The predicted octanol–water partition coefficient (Wildman–Crippen LogP) is 3.11. The van der Waals surface area contributed by atoms with Crippen LogP contribution in [-0.4, -0.2) is 18.9 Å². The lowest BCUT2D eigenvalue weighted by Crippen LogP contribution is -2.22. The van der Waals surface area contributed by atoms with E-state index in [9.17, 15) is 9.59 Å². The standard InChI is InChI=1S/C18H16O4/c1-21-17(20)10-13-8-5-9-15-18(13)14(19)11-16(22-15)12-6-3-2-4-7-12/h2-9,16H,10-11H2,1H3. The molecule has 1 atom stereocenters. The summed E-state index contributed by atoms with van der Waals surface area (Å²) >= 11 is 0. The largest absolute Gasteiger partial charge is 0.484 e. The average molecular weight is 296 g/mol. The van der Waals surface area contributed by atoms with E-state index in [1.165, 1.54) is 7.11 Å². The van der Waals surface area contributed by atoms with Gasteiger partial charge in [0.1, 0.15) is 11.9 Å². The van der Waals surface area contributed by atoms with Crippen LogP contribution < -0.4 is 4.74 Å². The van der Waals surface area contributed by atoms with Crippen molar-refractivity contribution in [3.63, 3.8) is 0 Å². The van der Waals surface area contributed by atoms with Crippen molar-refractivity contribution >= 4 is 11.8 Å². The minimum Gasteiger partial charge on any atom is -0.484 e. The number of fused-ring (bicyclic) bond motifs is 1. The highest BCUT2D eigenvalue weighted by molar-refractivity contribution is 6.02. The van der Waals surface area contributed by atoms with Gasteiger partial charge in [0.2, 0.25) is 0 Å². The van der Waals surface area contributed by atoms with Gasteiger partial charge in [-0.25, -0.2) is 0 Å². The molecule has 2 aromatic rings. The maximum Gasteiger partial charge on any atom is 0.310 e. The Labute approximate surface area is 128 Å². The van der Waals surface area contributed by atoms with Crippen molar-refractivity contribution in [3.05, 3.63) is 65.2 Å². The molecule has 1 heterocycles. The number of esters is 1. The number of carbonyl (C=O) groups excluding carboxylic acids is 2. The highest BCUT2D eigenvalue weighted by atomic mass is 16.5. The van der Waals surface area contributed by atoms with Gasteiger partial charge in [0.25, 0.3) is 0 Å². The molecule has 0 radical (unpaired) electrons. The highest BCUT2D eigenvalue weighted by Crippen LogP contribution is 2.36. The van der Waals surface area contributed by atoms with Gasteiger partial charge in [0.15, 0.2) is 5.78 Å². The number of Topliss-reactive ketones (excluding diaryl/α,β-unsaturated/α-hetero) is 1. The Morgan fingerprint density at radius 2 is 1.95 bits per heavy atom. The number of rotatable bonds is 3. The number of benzene rings is 2. The summed E-state index contributed by atoms with van der Waals surface area (Å²) in [6.07, 6.45) is 0.0644. The van der Waals surface area contributed by atoms with E-state index in [4.69, 9.17) is 4.74 Å². The van der Waals surface area contributed by atoms with E-state index < -0.39 is 0 Å². The Morgan fingerprint density at radius 3 is 2.68 bits per heavy atom. The third-order valence-electron chi connectivity index (χ3n) is 3.77. The number of hydrogen-bond acceptors (Lipinski definition) is 4. The molecule has 0 N–H and O–H groups in total. The Bertz CT molecular complexity index is 706. The summed E-state index contributed by atoms with van der Waals surface area (Å²) in [5.74, 6) is 0.160. The molecule has 0 bridgehead atoms. The van der Waals surface area contributed by atoms with Crippen LogP contribution in [0.5, 0.6) is 5.75 Å². The fraction of sp³-hybridized carbons (Fsp3) is 0.222. The van der Waals surface area contributed by atoms with Crippen molar-refractivity contribution in [1.29, 1.82) is 0 Å². The average Bonchev–Trinajstić information content (AvgIpc) is 2.55. The zero-order chi connectivity index (χ0) is 15.5. The fourth-order valence-corrected chi connectivity index (χ4v) is 2.69. The highest BCUT2D eigenvalue weighted by Gasteiger charge is 2.30. The van der Waals surface area contributed by atoms with Gasteiger partial charge in [-0.3, -0.25) is 9.59 Å². The molecule has 1 aliphatic rings. The Hall–Kier alpha value is -2.62. The molecule has 112 valence electrons. The summed E-state index contributed by atoms with van der Waals surface area (Å²) < 4.78 is 10.7. The zero-order valence-corrected chi connectivity index (χ0v) is 12.2. The molecule has 0 aromatic heterocycles. The smallest absolute Gasteiger partial charge is 0.310 e. The lowest BCUT2D eigenvalue weighted by molar-refractivity contribution is -0.139. The van der Waals surface area contributed by atoms with E-state index >= 15 is 0 Å². The second-order valence-corrected chi connectivity index (χ2v) is 5.19. The van der Waals surface area contributed by atoms with Crippen molar-refractivity contribution in [2.45, 2.75) is 18.9 Å². The van der Waals surface area contributed by atoms with Crippen LogP contribution >= 0.6 is 0 Å². The first-order valence-electron chi connectivity index (χ1n) is 7.12. The molecule has 1 aliphatic heterocycles. The number of methoxy groups -OCH3 is 1. The molecule has 4 heteroatoms. The summed E-state index contributed by atoms with van der Waals surface area (Å²) in [6.45, 7) is 0. The van der Waals surface area contributed by atoms with Crippen molar-refractivity contribution in [2.24, 2.45) is 0 Å². The monoisotopic (exact) mass is 296 g/mol. The van der Waals surface area contributed by atoms with Gasteiger partial charge in [0, 0.05) is 0 Å². The lowest BCUT2D eigenvalue weighted by Gasteiger charge is -2.26. The first kappa shape index (κ1) is 14.3. The second kappa shape index (κ2) is 6.02. The summed E-state index contributed by atoms with van der Waals surface area (Å²) in [5.41, 5.74) is 2.13. The van der Waals surface area contributed by atoms with Gasteiger partial charge in [-0.1, -0.05) is 42.5 Å². The van der Waals surface area contributed by atoms with Crippen molar-refractivity contribution in [2.75, 3.05) is 7.11 Å². The molecular formula is C18H16O4. The van der Waals surface area contributed by atoms with Gasteiger partial charge in [0.05, 0.1) is 25.5 Å². The van der Waals surface area contributed by atoms with Crippen LogP contribution in [0.25, 0.3) is 0 Å². The minimum atomic E-state index is -0.369. The minimum absolute atomic E-state index is 0.00499. The molecule has 3 rings (SSSR count). The topological polar surface area (TPSA) is 52.6 Å². The maximum atomic E-state index is 12.5. The van der Waals surface area contributed by atoms with Gasteiger partial charge in [-0.2, -0.15) is 0 Å². The molecule has 1 unspecified atom stereocenters. The normalized spacial score (nSPS) is 16.6. The number of ether oxygens (including phenoxy) is 2. The number of hydrogen-bond donors (Lipinski definition) is 0. The molecule has 0 fully saturated rings. The first-order chi connectivity index (χ1) is 10.7. The first-order valence-corrected chi connectivity index (χ1v) is 7.12. The zero-order valence-electron chi connectivity index (χ0n) is 12.2. The summed E-state index contributed by atoms with van der Waals surface area (Å²) in [5, 5.41) is 0. The van der Waals surface area contributed by atoms with Gasteiger partial charge < -0.3 is 9.47 Å². The van der Waals surface area contributed by atoms with E-state index in [2.05, 4.69) is 4.74 Å². The van der Waals surface area contributed by atoms with Crippen LogP contribution in [0, 0.1) is 0 Å². The van der Waals surface area contributed by atoms with E-state index in [-0.39, 0.29) is 30.7 Å². The molecule has 0 spiro atoms. The predicted molar refractivity (Wildman–Crippen MR) is 80.9 cm³/mol. The van der Waals surface area contributed by atoms with E-state index in [1.807, 2.05) is 30.3 Å². The Kier molecular flexibility index (Phi) is 3.92. The van der Waals surface area contributed by atoms with E-state index in [0.29, 0.717) is 16.9 Å². The fourth-order valence-electron chi connectivity index (χ4n) is 2.69. The molecule has 22 heavy (non-hydrogen) atoms. The molecule has 0 saturated carbocycles. The quantitative estimate of drug-likeness (QED) is 0.817. The van der Waals surface area contributed by atoms with Crippen molar-refractivity contribution in [1.82, 2.24) is 0 Å². The Morgan fingerprint density at radius 1 is 1.18 bits per heavy atom. The van der Waals surface area contributed by atoms with Crippen LogP contribution in [0.4, 0.5) is 0 Å². The van der Waals surface area contributed by atoms with E-state index in [1.54, 1.807) is 18.2 Å². The van der Waals surface area contributed by atoms with Crippen molar-refractivity contribution < 1.29 is 19.1 Å². The van der Waals surface area contributed by atoms with Gasteiger partial charge in [-0.05, 0) is 17.2 Å². The molecule has 0 amide bonds. The Balaban J connectivity index is 1.93. The molecule has 4 nitrogen and oxygen atoms in total. The molecular weight excluding hydrogens is 280 g/mol.